The van der Waals surface area contributed by atoms with Gasteiger partial charge in [-0.3, -0.25) is 10.1 Å². The summed E-state index contributed by atoms with van der Waals surface area (Å²) in [6.45, 7) is 0. The Kier molecular flexibility index (Phi) is 2.01. The van der Waals surface area contributed by atoms with Crippen LogP contribution in [0.3, 0.4) is 0 Å². The Balaban J connectivity index is 2.75. The van der Waals surface area contributed by atoms with Crippen molar-refractivity contribution in [3.8, 4) is 5.95 Å². The van der Waals surface area contributed by atoms with Crippen LogP contribution < -0.4 is 0 Å². The highest BCUT2D eigenvalue weighted by molar-refractivity contribution is 6.05. The van der Waals surface area contributed by atoms with Crippen LogP contribution in [0.15, 0.2) is 22.6 Å². The molecule has 0 atom stereocenters. The second kappa shape index (κ2) is 3.23. The fraction of sp³-hybridized carbons (Fsp3) is 0. The van der Waals surface area contributed by atoms with Crippen molar-refractivity contribution in [2.45, 2.75) is 0 Å². The molecule has 0 saturated carbocycles. The number of aromatic carboxylic acids is 1. The monoisotopic (exact) mass is 223 g/mol. The summed E-state index contributed by atoms with van der Waals surface area (Å²) in [6.07, 6.45) is 0. The highest BCUT2D eigenvalue weighted by Crippen LogP contribution is 2.32. The number of aromatic hydroxyl groups is 1. The van der Waals surface area contributed by atoms with E-state index in [1.165, 1.54) is 6.07 Å². The largest absolute Gasteiger partial charge is 0.480 e. The van der Waals surface area contributed by atoms with E-state index < -0.39 is 22.4 Å². The Labute approximate surface area is 87.7 Å². The first-order chi connectivity index (χ1) is 7.50. The van der Waals surface area contributed by atoms with Gasteiger partial charge >= 0.3 is 5.97 Å². The van der Waals surface area contributed by atoms with Crippen molar-refractivity contribution in [3.05, 3.63) is 33.9 Å². The number of carboxylic acid groups (broad SMARTS) is 1. The molecule has 7 nitrogen and oxygen atoms in total. The molecule has 82 valence electrons. The zero-order chi connectivity index (χ0) is 11.9. The summed E-state index contributed by atoms with van der Waals surface area (Å²) >= 11 is 0. The summed E-state index contributed by atoms with van der Waals surface area (Å²) in [5.41, 5.74) is -0.674. The zero-order valence-corrected chi connectivity index (χ0v) is 7.71. The number of carboxylic acids is 1. The molecule has 0 spiro atoms. The average Bonchev–Trinajstić information content (AvgIpc) is 2.51. The summed E-state index contributed by atoms with van der Waals surface area (Å²) < 4.78 is 4.72. The molecule has 16 heavy (non-hydrogen) atoms. The van der Waals surface area contributed by atoms with Crippen molar-refractivity contribution in [3.63, 3.8) is 0 Å². The van der Waals surface area contributed by atoms with Crippen molar-refractivity contribution in [1.82, 2.24) is 0 Å². The molecule has 1 aromatic heterocycles. The van der Waals surface area contributed by atoms with Crippen LogP contribution in [0.1, 0.15) is 10.4 Å². The van der Waals surface area contributed by atoms with Crippen LogP contribution in [0.4, 0.5) is 5.69 Å². The Bertz CT molecular complexity index is 599. The van der Waals surface area contributed by atoms with E-state index >= 15 is 0 Å². The lowest BCUT2D eigenvalue weighted by Crippen LogP contribution is -1.94. The van der Waals surface area contributed by atoms with E-state index in [-0.39, 0.29) is 16.7 Å². The lowest BCUT2D eigenvalue weighted by molar-refractivity contribution is -0.384. The van der Waals surface area contributed by atoms with Gasteiger partial charge in [0.2, 0.25) is 0 Å². The van der Waals surface area contributed by atoms with E-state index in [0.29, 0.717) is 0 Å². The minimum atomic E-state index is -1.36. The minimum Gasteiger partial charge on any atom is -0.480 e. The van der Waals surface area contributed by atoms with Gasteiger partial charge in [-0.05, 0) is 6.07 Å². The molecule has 0 radical (unpaired) electrons. The second-order valence-corrected chi connectivity index (χ2v) is 3.02. The van der Waals surface area contributed by atoms with E-state index in [4.69, 9.17) is 9.52 Å². The van der Waals surface area contributed by atoms with Crippen LogP contribution in [0.5, 0.6) is 5.95 Å². The van der Waals surface area contributed by atoms with Gasteiger partial charge in [-0.15, -0.1) is 0 Å². The number of carbonyl (C=O) groups is 1. The van der Waals surface area contributed by atoms with Crippen molar-refractivity contribution in [2.75, 3.05) is 0 Å². The first-order valence-corrected chi connectivity index (χ1v) is 4.14. The molecule has 0 aliphatic rings. The van der Waals surface area contributed by atoms with Crippen molar-refractivity contribution >= 4 is 22.6 Å². The minimum absolute atomic E-state index is 0.0379. The maximum absolute atomic E-state index is 10.8. The molecule has 1 heterocycles. The van der Waals surface area contributed by atoms with Gasteiger partial charge < -0.3 is 14.6 Å². The summed E-state index contributed by atoms with van der Waals surface area (Å²) in [4.78, 5) is 20.6. The van der Waals surface area contributed by atoms with E-state index in [1.807, 2.05) is 0 Å². The topological polar surface area (TPSA) is 114 Å². The molecule has 0 bridgehead atoms. The SMILES string of the molecule is O=C(O)c1c(O)oc2cc([N+](=O)[O-])ccc12. The number of furan rings is 1. The van der Waals surface area contributed by atoms with Gasteiger partial charge in [0.25, 0.3) is 11.6 Å². The molecule has 0 saturated heterocycles. The number of benzene rings is 1. The van der Waals surface area contributed by atoms with E-state index in [9.17, 15) is 20.0 Å². The van der Waals surface area contributed by atoms with Gasteiger partial charge in [0, 0.05) is 11.5 Å². The Morgan fingerprint density at radius 2 is 2.12 bits per heavy atom. The highest BCUT2D eigenvalue weighted by Gasteiger charge is 2.21. The maximum Gasteiger partial charge on any atom is 0.343 e. The Hall–Kier alpha value is -2.57. The molecule has 0 aliphatic heterocycles. The summed E-state index contributed by atoms with van der Waals surface area (Å²) in [5, 5.41) is 28.6. The second-order valence-electron chi connectivity index (χ2n) is 3.02. The first-order valence-electron chi connectivity index (χ1n) is 4.14. The number of fused-ring (bicyclic) bond motifs is 1. The van der Waals surface area contributed by atoms with Crippen LogP contribution in [-0.2, 0) is 0 Å². The molecule has 2 aromatic rings. The van der Waals surface area contributed by atoms with Crippen LogP contribution in [0, 0.1) is 10.1 Å². The van der Waals surface area contributed by atoms with Gasteiger partial charge in [-0.1, -0.05) is 0 Å². The third kappa shape index (κ3) is 1.34. The first kappa shape index (κ1) is 9.97. The third-order valence-electron chi connectivity index (χ3n) is 2.08. The normalized spacial score (nSPS) is 10.5. The number of nitro benzene ring substituents is 1. The highest BCUT2D eigenvalue weighted by atomic mass is 16.6. The quantitative estimate of drug-likeness (QED) is 0.592. The molecular weight excluding hydrogens is 218 g/mol. The van der Waals surface area contributed by atoms with E-state index in [0.717, 1.165) is 12.1 Å². The van der Waals surface area contributed by atoms with Gasteiger partial charge in [-0.25, -0.2) is 4.79 Å². The average molecular weight is 223 g/mol. The molecular formula is C9H5NO6. The van der Waals surface area contributed by atoms with Gasteiger partial charge in [0.15, 0.2) is 5.56 Å². The van der Waals surface area contributed by atoms with Crippen molar-refractivity contribution in [2.24, 2.45) is 0 Å². The standard InChI is InChI=1S/C9H5NO6/c11-8(12)7-5-2-1-4(10(14)15)3-6(5)16-9(7)13/h1-3,13H,(H,11,12). The lowest BCUT2D eigenvalue weighted by Gasteiger charge is -1.91. The molecule has 2 rings (SSSR count). The smallest absolute Gasteiger partial charge is 0.343 e. The zero-order valence-electron chi connectivity index (χ0n) is 7.71. The number of nitrogens with zero attached hydrogens (tertiary/aromatic N) is 1. The Morgan fingerprint density at radius 1 is 1.44 bits per heavy atom. The number of hydrogen-bond donors (Lipinski definition) is 2. The van der Waals surface area contributed by atoms with E-state index in [2.05, 4.69) is 0 Å². The number of hydrogen-bond acceptors (Lipinski definition) is 5. The van der Waals surface area contributed by atoms with Gasteiger partial charge in [0.1, 0.15) is 5.58 Å². The van der Waals surface area contributed by atoms with Gasteiger partial charge in [-0.2, -0.15) is 0 Å². The number of non-ortho nitro benzene ring substituents is 1. The summed E-state index contributed by atoms with van der Waals surface area (Å²) in [7, 11) is 0. The number of nitro groups is 1. The van der Waals surface area contributed by atoms with Gasteiger partial charge in [0.05, 0.1) is 11.0 Å². The lowest BCUT2D eigenvalue weighted by atomic mass is 10.1. The maximum atomic E-state index is 10.8. The molecule has 1 aromatic carbocycles. The molecule has 0 unspecified atom stereocenters. The Morgan fingerprint density at radius 3 is 2.69 bits per heavy atom. The molecule has 0 fully saturated rings. The fourth-order valence-corrected chi connectivity index (χ4v) is 1.39. The predicted octanol–water partition coefficient (Wildman–Crippen LogP) is 1.74. The summed E-state index contributed by atoms with van der Waals surface area (Å²) in [5.74, 6) is -2.12. The predicted molar refractivity (Wildman–Crippen MR) is 51.5 cm³/mol. The third-order valence-corrected chi connectivity index (χ3v) is 2.08. The molecule has 2 N–H and O–H groups in total. The van der Waals surface area contributed by atoms with Crippen LogP contribution in [-0.4, -0.2) is 21.1 Å². The number of rotatable bonds is 2. The van der Waals surface area contributed by atoms with Crippen LogP contribution in [0.2, 0.25) is 0 Å². The summed E-state index contributed by atoms with van der Waals surface area (Å²) in [6, 6.07) is 3.42. The van der Waals surface area contributed by atoms with Crippen LogP contribution in [0.25, 0.3) is 11.0 Å². The molecule has 0 aliphatic carbocycles. The molecule has 0 amide bonds. The van der Waals surface area contributed by atoms with E-state index in [1.54, 1.807) is 0 Å². The molecule has 7 heteroatoms. The van der Waals surface area contributed by atoms with Crippen molar-refractivity contribution in [1.29, 1.82) is 0 Å². The van der Waals surface area contributed by atoms with Crippen molar-refractivity contribution < 1.29 is 24.3 Å². The van der Waals surface area contributed by atoms with Crippen LogP contribution >= 0.6 is 0 Å². The fourth-order valence-electron chi connectivity index (χ4n) is 1.39.